The van der Waals surface area contributed by atoms with Crippen LogP contribution in [0.4, 0.5) is 0 Å². The maximum Gasteiger partial charge on any atom is 0.251 e. The molecule has 0 spiro atoms. The molecule has 5 nitrogen and oxygen atoms in total. The molecule has 2 rings (SSSR count). The van der Waals surface area contributed by atoms with Gasteiger partial charge in [0.15, 0.2) is 0 Å². The van der Waals surface area contributed by atoms with E-state index in [1.165, 1.54) is 6.07 Å². The van der Waals surface area contributed by atoms with E-state index in [2.05, 4.69) is 5.32 Å². The summed E-state index contributed by atoms with van der Waals surface area (Å²) in [6, 6.07) is 12.9. The predicted molar refractivity (Wildman–Crippen MR) is 94.5 cm³/mol. The fourth-order valence-corrected chi connectivity index (χ4v) is 3.41. The van der Waals surface area contributed by atoms with E-state index in [9.17, 15) is 13.2 Å². The normalized spacial score (nSPS) is 12.7. The van der Waals surface area contributed by atoms with Gasteiger partial charge >= 0.3 is 0 Å². The molecule has 0 bridgehead atoms. The molecule has 1 atom stereocenters. The first-order valence-electron chi connectivity index (χ1n) is 7.67. The minimum atomic E-state index is -3.86. The second kappa shape index (κ2) is 7.15. The number of nitrogens with two attached hydrogens (primary N) is 1. The van der Waals surface area contributed by atoms with E-state index in [-0.39, 0.29) is 16.7 Å². The van der Waals surface area contributed by atoms with Gasteiger partial charge in [0, 0.05) is 12.1 Å². The number of carbonyl (C=O) groups is 1. The van der Waals surface area contributed by atoms with Crippen molar-refractivity contribution in [3.8, 4) is 0 Å². The molecule has 2 aromatic rings. The van der Waals surface area contributed by atoms with Crippen LogP contribution in [0.3, 0.4) is 0 Å². The maximum absolute atomic E-state index is 12.4. The van der Waals surface area contributed by atoms with E-state index >= 15 is 0 Å². The molecule has 128 valence electrons. The zero-order valence-electron chi connectivity index (χ0n) is 14.0. The molecular formula is C18H22N2O3S. The zero-order valence-corrected chi connectivity index (χ0v) is 14.9. The number of benzene rings is 2. The van der Waals surface area contributed by atoms with Gasteiger partial charge < -0.3 is 5.32 Å². The molecule has 0 aromatic heterocycles. The van der Waals surface area contributed by atoms with Gasteiger partial charge in [-0.25, -0.2) is 13.6 Å². The van der Waals surface area contributed by atoms with Crippen molar-refractivity contribution in [2.24, 2.45) is 5.14 Å². The molecular weight excluding hydrogens is 324 g/mol. The van der Waals surface area contributed by atoms with Gasteiger partial charge in [-0.15, -0.1) is 0 Å². The molecule has 0 aliphatic carbocycles. The molecule has 0 heterocycles. The molecule has 0 radical (unpaired) electrons. The summed E-state index contributed by atoms with van der Waals surface area (Å²) in [7, 11) is -3.86. The van der Waals surface area contributed by atoms with Crippen molar-refractivity contribution in [2.75, 3.05) is 6.54 Å². The van der Waals surface area contributed by atoms with Crippen LogP contribution in [0.2, 0.25) is 0 Å². The molecule has 0 aliphatic rings. The SMILES string of the molecule is Cc1cc(C)c(S(N)(=O)=O)cc1C(=O)NCC(C)c1ccccc1. The largest absolute Gasteiger partial charge is 0.351 e. The standard InChI is InChI=1S/C18H22N2O3S/c1-12-9-13(2)17(24(19,22)23)10-16(12)18(21)20-11-14(3)15-7-5-4-6-8-15/h4-10,14H,11H2,1-3H3,(H,20,21)(H2,19,22,23). The average molecular weight is 346 g/mol. The van der Waals surface area contributed by atoms with Crippen LogP contribution in [0.15, 0.2) is 47.4 Å². The van der Waals surface area contributed by atoms with E-state index in [4.69, 9.17) is 5.14 Å². The van der Waals surface area contributed by atoms with E-state index < -0.39 is 10.0 Å². The third kappa shape index (κ3) is 4.21. The van der Waals surface area contributed by atoms with E-state index in [1.54, 1.807) is 19.9 Å². The first-order chi connectivity index (χ1) is 11.2. The summed E-state index contributed by atoms with van der Waals surface area (Å²) >= 11 is 0. The number of carbonyl (C=O) groups excluding carboxylic acids is 1. The molecule has 2 aromatic carbocycles. The van der Waals surface area contributed by atoms with Crippen LogP contribution in [0.5, 0.6) is 0 Å². The Morgan fingerprint density at radius 2 is 1.75 bits per heavy atom. The van der Waals surface area contributed by atoms with Crippen LogP contribution in [-0.2, 0) is 10.0 Å². The second-order valence-electron chi connectivity index (χ2n) is 6.00. The minimum Gasteiger partial charge on any atom is -0.351 e. The Balaban J connectivity index is 2.18. The van der Waals surface area contributed by atoms with Crippen molar-refractivity contribution in [3.63, 3.8) is 0 Å². The third-order valence-corrected chi connectivity index (χ3v) is 5.06. The fraction of sp³-hybridized carbons (Fsp3) is 0.278. The van der Waals surface area contributed by atoms with Crippen molar-refractivity contribution < 1.29 is 13.2 Å². The Hall–Kier alpha value is -2.18. The lowest BCUT2D eigenvalue weighted by atomic mass is 10.0. The first-order valence-corrected chi connectivity index (χ1v) is 9.22. The van der Waals surface area contributed by atoms with Gasteiger partial charge in [0.05, 0.1) is 4.90 Å². The van der Waals surface area contributed by atoms with Gasteiger partial charge in [-0.3, -0.25) is 4.79 Å². The van der Waals surface area contributed by atoms with Crippen LogP contribution in [0, 0.1) is 13.8 Å². The molecule has 1 amide bonds. The molecule has 24 heavy (non-hydrogen) atoms. The van der Waals surface area contributed by atoms with Gasteiger partial charge in [0.1, 0.15) is 0 Å². The Bertz CT molecular complexity index is 846. The van der Waals surface area contributed by atoms with Crippen LogP contribution >= 0.6 is 0 Å². The third-order valence-electron chi connectivity index (χ3n) is 4.01. The van der Waals surface area contributed by atoms with E-state index in [1.807, 2.05) is 37.3 Å². The van der Waals surface area contributed by atoms with E-state index in [0.717, 1.165) is 5.56 Å². The maximum atomic E-state index is 12.4. The molecule has 6 heteroatoms. The molecule has 0 fully saturated rings. The number of nitrogens with one attached hydrogen (secondary N) is 1. The molecule has 0 aliphatic heterocycles. The van der Waals surface area contributed by atoms with Crippen LogP contribution < -0.4 is 10.5 Å². The van der Waals surface area contributed by atoms with Gasteiger partial charge in [-0.05, 0) is 42.5 Å². The van der Waals surface area contributed by atoms with Crippen molar-refractivity contribution in [3.05, 3.63) is 64.7 Å². The Kier molecular flexibility index (Phi) is 5.41. The summed E-state index contributed by atoms with van der Waals surface area (Å²) < 4.78 is 23.3. The summed E-state index contributed by atoms with van der Waals surface area (Å²) in [4.78, 5) is 12.4. The van der Waals surface area contributed by atoms with Crippen LogP contribution in [0.25, 0.3) is 0 Å². The number of amides is 1. The lowest BCUT2D eigenvalue weighted by Crippen LogP contribution is -2.28. The number of sulfonamides is 1. The monoisotopic (exact) mass is 346 g/mol. The van der Waals surface area contributed by atoms with Crippen molar-refractivity contribution in [2.45, 2.75) is 31.6 Å². The summed E-state index contributed by atoms with van der Waals surface area (Å²) in [6.07, 6.45) is 0. The van der Waals surface area contributed by atoms with E-state index in [0.29, 0.717) is 23.2 Å². The highest BCUT2D eigenvalue weighted by atomic mass is 32.2. The Morgan fingerprint density at radius 3 is 2.33 bits per heavy atom. The van der Waals surface area contributed by atoms with Crippen LogP contribution in [0.1, 0.15) is 39.9 Å². The lowest BCUT2D eigenvalue weighted by Gasteiger charge is -2.15. The number of aryl methyl sites for hydroxylation is 2. The summed E-state index contributed by atoms with van der Waals surface area (Å²) in [5.41, 5.74) is 2.70. The smallest absolute Gasteiger partial charge is 0.251 e. The highest BCUT2D eigenvalue weighted by Gasteiger charge is 2.18. The zero-order chi connectivity index (χ0) is 17.9. The summed E-state index contributed by atoms with van der Waals surface area (Å²) in [6.45, 7) is 5.91. The van der Waals surface area contributed by atoms with Crippen molar-refractivity contribution in [1.82, 2.24) is 5.32 Å². The Labute approximate surface area is 142 Å². The fourth-order valence-electron chi connectivity index (χ4n) is 2.62. The summed E-state index contributed by atoms with van der Waals surface area (Å²) in [5.74, 6) is -0.154. The highest BCUT2D eigenvalue weighted by Crippen LogP contribution is 2.20. The first kappa shape index (κ1) is 18.2. The van der Waals surface area contributed by atoms with Gasteiger partial charge in [-0.1, -0.05) is 43.3 Å². The minimum absolute atomic E-state index is 0.0191. The lowest BCUT2D eigenvalue weighted by molar-refractivity contribution is 0.0951. The van der Waals surface area contributed by atoms with Crippen molar-refractivity contribution >= 4 is 15.9 Å². The number of hydrogen-bond donors (Lipinski definition) is 2. The molecule has 3 N–H and O–H groups in total. The highest BCUT2D eigenvalue weighted by molar-refractivity contribution is 7.89. The summed E-state index contributed by atoms with van der Waals surface area (Å²) in [5, 5.41) is 8.08. The number of rotatable bonds is 5. The number of hydrogen-bond acceptors (Lipinski definition) is 3. The molecule has 0 saturated heterocycles. The Morgan fingerprint density at radius 1 is 1.12 bits per heavy atom. The van der Waals surface area contributed by atoms with Gasteiger partial charge in [0.2, 0.25) is 10.0 Å². The topological polar surface area (TPSA) is 89.3 Å². The van der Waals surface area contributed by atoms with Gasteiger partial charge in [-0.2, -0.15) is 0 Å². The second-order valence-corrected chi connectivity index (χ2v) is 7.53. The average Bonchev–Trinajstić information content (AvgIpc) is 2.52. The van der Waals surface area contributed by atoms with Gasteiger partial charge in [0.25, 0.3) is 5.91 Å². The molecule has 0 saturated carbocycles. The van der Waals surface area contributed by atoms with Crippen LogP contribution in [-0.4, -0.2) is 20.9 Å². The van der Waals surface area contributed by atoms with Crippen molar-refractivity contribution in [1.29, 1.82) is 0 Å². The predicted octanol–water partition coefficient (Wildman–Crippen LogP) is 2.48. The molecule has 1 unspecified atom stereocenters. The quantitative estimate of drug-likeness (QED) is 0.871. The number of primary sulfonamides is 1.